The Hall–Kier alpha value is -8.77. The first-order valence-electron chi connectivity index (χ1n) is 29.2. The van der Waals surface area contributed by atoms with Crippen molar-refractivity contribution in [3.8, 4) is 12.1 Å². The normalized spacial score (nSPS) is 19.8. The third-order valence-electron chi connectivity index (χ3n) is 17.9. The summed E-state index contributed by atoms with van der Waals surface area (Å²) in [4.78, 5) is 40.3. The van der Waals surface area contributed by atoms with E-state index in [2.05, 4.69) is 113 Å². The van der Waals surface area contributed by atoms with Crippen molar-refractivity contribution >= 4 is 89.3 Å². The number of nitrogens with zero attached hydrogens (tertiary/aromatic N) is 13. The predicted molar refractivity (Wildman–Crippen MR) is 339 cm³/mol. The fourth-order valence-corrected chi connectivity index (χ4v) is 13.5. The van der Waals surface area contributed by atoms with Gasteiger partial charge >= 0.3 is 0 Å². The first-order chi connectivity index (χ1) is 41.1. The van der Waals surface area contributed by atoms with E-state index >= 15 is 0 Å². The van der Waals surface area contributed by atoms with Crippen LogP contribution >= 0.6 is 23.2 Å². The molecule has 0 radical (unpaired) electrons. The van der Waals surface area contributed by atoms with Crippen molar-refractivity contribution in [1.29, 1.82) is 10.5 Å². The van der Waals surface area contributed by atoms with E-state index in [1.165, 1.54) is 19.3 Å². The minimum Gasteiger partial charge on any atom is -0.383 e. The molecule has 1 atom stereocenters. The lowest BCUT2D eigenvalue weighted by Crippen LogP contribution is -2.59. The maximum absolute atomic E-state index is 13.1. The van der Waals surface area contributed by atoms with Crippen LogP contribution in [0.3, 0.4) is 0 Å². The molecule has 6 aromatic heterocycles. The molecule has 0 spiro atoms. The Morgan fingerprint density at radius 1 is 0.663 bits per heavy atom. The fraction of sp³-hybridized carbons (Fsp3) is 0.358. The Balaban J connectivity index is 0.000000160. The lowest BCUT2D eigenvalue weighted by atomic mass is 9.50. The molecule has 19 heteroatoms. The van der Waals surface area contributed by atoms with Crippen LogP contribution in [0.2, 0.25) is 10.0 Å². The summed E-state index contributed by atoms with van der Waals surface area (Å²) in [7, 11) is 3.51. The molecule has 0 saturated heterocycles. The molecule has 17 nitrogen and oxygen atoms in total. The highest BCUT2D eigenvalue weighted by molar-refractivity contribution is 6.36. The minimum atomic E-state index is -0.177. The number of hydrogen-bond donors (Lipinski definition) is 2. The summed E-state index contributed by atoms with van der Waals surface area (Å²) in [6.07, 6.45) is 18.3. The van der Waals surface area contributed by atoms with E-state index in [0.717, 1.165) is 75.3 Å². The molecule has 0 amide bonds. The molecule has 4 aromatic carbocycles. The third-order valence-corrected chi connectivity index (χ3v) is 18.5. The van der Waals surface area contributed by atoms with Gasteiger partial charge in [0.1, 0.15) is 23.5 Å². The van der Waals surface area contributed by atoms with Gasteiger partial charge in [-0.25, -0.2) is 14.4 Å². The molecule has 16 rings (SSSR count). The van der Waals surface area contributed by atoms with E-state index in [-0.39, 0.29) is 38.9 Å². The molecule has 6 heterocycles. The molecule has 2 N–H and O–H groups in total. The molecule has 10 aromatic rings. The van der Waals surface area contributed by atoms with Crippen LogP contribution in [0.4, 0.5) is 17.1 Å². The largest absolute Gasteiger partial charge is 0.383 e. The van der Waals surface area contributed by atoms with Crippen LogP contribution in [0.5, 0.6) is 0 Å². The summed E-state index contributed by atoms with van der Waals surface area (Å²) in [5.41, 5.74) is 9.02. The van der Waals surface area contributed by atoms with Gasteiger partial charge in [0.05, 0.1) is 72.2 Å². The lowest BCUT2D eigenvalue weighted by Gasteiger charge is -2.61. The molecular formula is C67H65Cl2N15O2. The standard InChI is InChI=1S/C34H34ClN7O.C33H31ClN8O/c1-33(2,3)19-38-30-22(16-36)17-37-31-27(30)11-20(12-28(31)35)10-26(29-18-42(40-39-29)34-13-21(14-34)15-34)23-6-5-7-25-24(23)8-9-41(4)32(25)43;1-32(2,3)18-37-28-20(15-35)16-36-29-25(28)10-21(11-26(29)34)38-30(27-17-42(40-39-27)33-12-19(13-33)14-33)23-6-5-7-24-22(23)8-9-41(4)31(24)43/h5-9,11-12,17-18,21,26H,10,13-15,19H2,1-4H3,(H,37,38);5-11,16-17,19H,12-14,18H2,1-4H3,(H,36,37)/t21?,26-,34?;/m0./s1. The molecule has 0 unspecified atom stereocenters. The zero-order valence-corrected chi connectivity index (χ0v) is 50.9. The highest BCUT2D eigenvalue weighted by Gasteiger charge is 2.59. The van der Waals surface area contributed by atoms with E-state index in [9.17, 15) is 20.1 Å². The van der Waals surface area contributed by atoms with Gasteiger partial charge in [0.2, 0.25) is 0 Å². The van der Waals surface area contributed by atoms with Crippen molar-refractivity contribution in [3.63, 3.8) is 0 Å². The summed E-state index contributed by atoms with van der Waals surface area (Å²) in [6, 6.07) is 27.8. The second kappa shape index (κ2) is 21.0. The van der Waals surface area contributed by atoms with Gasteiger partial charge < -0.3 is 19.8 Å². The van der Waals surface area contributed by atoms with Crippen LogP contribution in [0.15, 0.2) is 125 Å². The number of benzene rings is 4. The second-order valence-electron chi connectivity index (χ2n) is 26.7. The zero-order chi connectivity index (χ0) is 60.2. The van der Waals surface area contributed by atoms with Crippen LogP contribution in [-0.4, -0.2) is 67.9 Å². The van der Waals surface area contributed by atoms with Crippen LogP contribution in [0.25, 0.3) is 43.4 Å². The minimum absolute atomic E-state index is 0.00641. The number of hydrogen-bond acceptors (Lipinski definition) is 13. The van der Waals surface area contributed by atoms with E-state index in [1.807, 2.05) is 71.7 Å². The van der Waals surface area contributed by atoms with Gasteiger partial charge in [0.25, 0.3) is 11.1 Å². The van der Waals surface area contributed by atoms with Crippen molar-refractivity contribution in [2.75, 3.05) is 23.7 Å². The summed E-state index contributed by atoms with van der Waals surface area (Å²) in [5.74, 6) is 1.44. The molecule has 434 valence electrons. The third kappa shape index (κ3) is 10.0. The van der Waals surface area contributed by atoms with Crippen LogP contribution < -0.4 is 21.8 Å². The summed E-state index contributed by atoms with van der Waals surface area (Å²) in [5, 5.41) is 50.7. The lowest BCUT2D eigenvalue weighted by molar-refractivity contribution is -0.0989. The van der Waals surface area contributed by atoms with E-state index in [0.29, 0.717) is 90.7 Å². The summed E-state index contributed by atoms with van der Waals surface area (Å²) in [6.45, 7) is 14.2. The number of nitriles is 2. The Bertz CT molecular complexity index is 4650. The number of fused-ring (bicyclic) bond motifs is 4. The Labute approximate surface area is 507 Å². The molecule has 6 saturated carbocycles. The van der Waals surface area contributed by atoms with Crippen molar-refractivity contribution in [3.05, 3.63) is 180 Å². The van der Waals surface area contributed by atoms with E-state index in [4.69, 9.17) is 33.3 Å². The van der Waals surface area contributed by atoms with Crippen molar-refractivity contribution in [2.45, 2.75) is 103 Å². The maximum Gasteiger partial charge on any atom is 0.258 e. The number of pyridine rings is 4. The first kappa shape index (κ1) is 56.4. The number of rotatable bonds is 13. The molecule has 0 aliphatic heterocycles. The van der Waals surface area contributed by atoms with Gasteiger partial charge in [-0.15, -0.1) is 10.2 Å². The Kier molecular flexibility index (Phi) is 13.8. The Morgan fingerprint density at radius 2 is 1.19 bits per heavy atom. The number of aromatic nitrogens is 10. The van der Waals surface area contributed by atoms with Gasteiger partial charge in [-0.05, 0) is 138 Å². The molecule has 4 bridgehead atoms. The second-order valence-corrected chi connectivity index (χ2v) is 27.6. The van der Waals surface area contributed by atoms with Crippen molar-refractivity contribution in [1.82, 2.24) is 49.1 Å². The molecule has 6 aliphatic rings. The van der Waals surface area contributed by atoms with E-state index < -0.39 is 0 Å². The molecular weight excluding hydrogens is 1120 g/mol. The zero-order valence-electron chi connectivity index (χ0n) is 49.4. The van der Waals surface area contributed by atoms with Crippen molar-refractivity contribution < 1.29 is 0 Å². The highest BCUT2D eigenvalue weighted by atomic mass is 35.5. The van der Waals surface area contributed by atoms with Crippen molar-refractivity contribution in [2.24, 2.45) is 41.8 Å². The predicted octanol–water partition coefficient (Wildman–Crippen LogP) is 12.9. The van der Waals surface area contributed by atoms with Gasteiger partial charge in [-0.1, -0.05) is 99.4 Å². The number of anilines is 2. The van der Waals surface area contributed by atoms with Gasteiger partial charge in [0.15, 0.2) is 0 Å². The SMILES string of the molecule is Cn1ccc2c(C(=Nc3cc(Cl)c4ncc(C#N)c(NCC(C)(C)C)c4c3)c3cn(C45CC(C4)C5)nn3)cccc2c1=O.Cn1ccc2c([C@H](Cc3cc(Cl)c4ncc(C#N)c(NCC(C)(C)C)c4c3)c3cn(C45CC(C4)C5)nn3)cccc2c1=O. The van der Waals surface area contributed by atoms with E-state index in [1.54, 1.807) is 47.9 Å². The first-order valence-corrected chi connectivity index (χ1v) is 30.0. The Morgan fingerprint density at radius 3 is 1.74 bits per heavy atom. The average molecular weight is 1180 g/mol. The van der Waals surface area contributed by atoms with Crippen LogP contribution in [-0.2, 0) is 31.6 Å². The summed E-state index contributed by atoms with van der Waals surface area (Å²) >= 11 is 13.7. The molecule has 6 fully saturated rings. The maximum atomic E-state index is 13.1. The molecule has 86 heavy (non-hydrogen) atoms. The average Bonchev–Trinajstić information content (AvgIpc) is 1.22. The van der Waals surface area contributed by atoms with Crippen LogP contribution in [0.1, 0.15) is 125 Å². The summed E-state index contributed by atoms with van der Waals surface area (Å²) < 4.78 is 7.24. The molecule has 6 aliphatic carbocycles. The monoisotopic (exact) mass is 1180 g/mol. The fourth-order valence-electron chi connectivity index (χ4n) is 13.0. The van der Waals surface area contributed by atoms with Crippen LogP contribution in [0, 0.1) is 45.3 Å². The van der Waals surface area contributed by atoms with Gasteiger partial charge in [-0.3, -0.25) is 19.6 Å². The quantitative estimate of drug-likeness (QED) is 0.103. The number of aliphatic imine (C=N–C) groups is 1. The number of aryl methyl sites for hydroxylation is 2. The van der Waals surface area contributed by atoms with Gasteiger partial charge in [0, 0.05) is 91.2 Å². The number of halogens is 2. The topological polar surface area (TPSA) is 215 Å². The van der Waals surface area contributed by atoms with Gasteiger partial charge in [-0.2, -0.15) is 10.5 Å². The number of nitrogens with one attached hydrogen (secondary N) is 2. The highest BCUT2D eigenvalue weighted by Crippen LogP contribution is 2.63. The smallest absolute Gasteiger partial charge is 0.258 e.